The molecule has 0 radical (unpaired) electrons. The largest absolute Gasteiger partial charge is 0.387 e. The molecule has 0 aliphatic heterocycles. The van der Waals surface area contributed by atoms with Gasteiger partial charge in [-0.15, -0.1) is 0 Å². The quantitative estimate of drug-likeness (QED) is 0.868. The Labute approximate surface area is 134 Å². The number of nitrogens with one attached hydrogen (secondary N) is 2. The number of benzene rings is 2. The van der Waals surface area contributed by atoms with Crippen molar-refractivity contribution in [1.29, 1.82) is 0 Å². The minimum absolute atomic E-state index is 0.153. The summed E-state index contributed by atoms with van der Waals surface area (Å²) in [7, 11) is 1.76. The van der Waals surface area contributed by atoms with Gasteiger partial charge in [0.1, 0.15) is 0 Å². The van der Waals surface area contributed by atoms with E-state index in [1.54, 1.807) is 31.3 Å². The maximum Gasteiger partial charge on any atom is 0.253 e. The van der Waals surface area contributed by atoms with Gasteiger partial charge in [-0.05, 0) is 42.8 Å². The molecule has 21 heavy (non-hydrogen) atoms. The molecule has 3 nitrogen and oxygen atoms in total. The molecule has 110 valence electrons. The first-order valence-corrected chi connectivity index (χ1v) is 7.30. The lowest BCUT2D eigenvalue weighted by molar-refractivity contribution is 0.0940. The van der Waals surface area contributed by atoms with E-state index in [4.69, 9.17) is 23.2 Å². The number of halogens is 2. The van der Waals surface area contributed by atoms with Gasteiger partial charge in [0.15, 0.2) is 0 Å². The Hall–Kier alpha value is -1.71. The Kier molecular flexibility index (Phi) is 5.10. The third kappa shape index (κ3) is 3.90. The van der Waals surface area contributed by atoms with Crippen molar-refractivity contribution >= 4 is 34.8 Å². The summed E-state index contributed by atoms with van der Waals surface area (Å²) in [5.41, 5.74) is 2.19. The predicted octanol–water partition coefficient (Wildman–Crippen LogP) is 4.53. The van der Waals surface area contributed by atoms with Crippen LogP contribution in [0.2, 0.25) is 10.0 Å². The van der Waals surface area contributed by atoms with Crippen molar-refractivity contribution < 1.29 is 4.79 Å². The van der Waals surface area contributed by atoms with Gasteiger partial charge in [0, 0.05) is 22.8 Å². The monoisotopic (exact) mass is 322 g/mol. The molecule has 0 heterocycles. The van der Waals surface area contributed by atoms with Crippen molar-refractivity contribution in [2.45, 2.75) is 13.0 Å². The zero-order valence-corrected chi connectivity index (χ0v) is 13.3. The van der Waals surface area contributed by atoms with Gasteiger partial charge in [-0.1, -0.05) is 35.3 Å². The van der Waals surface area contributed by atoms with Gasteiger partial charge >= 0.3 is 0 Å². The molecule has 0 bridgehead atoms. The van der Waals surface area contributed by atoms with E-state index >= 15 is 0 Å². The van der Waals surface area contributed by atoms with Crippen LogP contribution in [0.4, 0.5) is 5.69 Å². The maximum atomic E-state index is 12.4. The van der Waals surface area contributed by atoms with Gasteiger partial charge in [-0.25, -0.2) is 0 Å². The standard InChI is InChI=1S/C16H16Cl2N2O/c1-10(11-4-3-5-12(17)8-11)20-16(21)14-9-13(18)6-7-15(14)19-2/h3-10,19H,1-2H3,(H,20,21). The molecule has 0 aliphatic carbocycles. The topological polar surface area (TPSA) is 41.1 Å². The first-order chi connectivity index (χ1) is 10.0. The predicted molar refractivity (Wildman–Crippen MR) is 88.3 cm³/mol. The first-order valence-electron chi connectivity index (χ1n) is 6.55. The van der Waals surface area contributed by atoms with E-state index in [9.17, 15) is 4.79 Å². The number of carbonyl (C=O) groups is 1. The molecular weight excluding hydrogens is 307 g/mol. The summed E-state index contributed by atoms with van der Waals surface area (Å²) in [5.74, 6) is -0.186. The molecule has 0 saturated heterocycles. The maximum absolute atomic E-state index is 12.4. The van der Waals surface area contributed by atoms with E-state index in [-0.39, 0.29) is 11.9 Å². The first kappa shape index (κ1) is 15.7. The van der Waals surface area contributed by atoms with Crippen LogP contribution in [-0.4, -0.2) is 13.0 Å². The van der Waals surface area contributed by atoms with Crippen LogP contribution < -0.4 is 10.6 Å². The molecule has 1 unspecified atom stereocenters. The van der Waals surface area contributed by atoms with Crippen LogP contribution >= 0.6 is 23.2 Å². The number of anilines is 1. The average molecular weight is 323 g/mol. The summed E-state index contributed by atoms with van der Waals surface area (Å²) in [6, 6.07) is 12.4. The Balaban J connectivity index is 2.20. The van der Waals surface area contributed by atoms with E-state index in [0.717, 1.165) is 11.3 Å². The smallest absolute Gasteiger partial charge is 0.253 e. The molecule has 2 rings (SSSR count). The Morgan fingerprint density at radius 3 is 2.48 bits per heavy atom. The Morgan fingerprint density at radius 1 is 1.10 bits per heavy atom. The summed E-state index contributed by atoms with van der Waals surface area (Å²) in [4.78, 5) is 12.4. The summed E-state index contributed by atoms with van der Waals surface area (Å²) in [5, 5.41) is 7.10. The van der Waals surface area contributed by atoms with Gasteiger partial charge in [0.2, 0.25) is 0 Å². The fourth-order valence-electron chi connectivity index (χ4n) is 2.06. The molecule has 0 aromatic heterocycles. The van der Waals surface area contributed by atoms with Crippen molar-refractivity contribution in [3.8, 4) is 0 Å². The van der Waals surface area contributed by atoms with Crippen molar-refractivity contribution in [2.24, 2.45) is 0 Å². The van der Waals surface area contributed by atoms with Crippen LogP contribution in [0, 0.1) is 0 Å². The van der Waals surface area contributed by atoms with Crippen LogP contribution in [0.1, 0.15) is 28.9 Å². The van der Waals surface area contributed by atoms with E-state index in [1.165, 1.54) is 0 Å². The highest BCUT2D eigenvalue weighted by Crippen LogP contribution is 2.22. The van der Waals surface area contributed by atoms with Gasteiger partial charge in [-0.3, -0.25) is 4.79 Å². The second-order valence-electron chi connectivity index (χ2n) is 4.69. The molecule has 1 atom stereocenters. The van der Waals surface area contributed by atoms with Gasteiger partial charge < -0.3 is 10.6 Å². The molecule has 2 aromatic rings. The lowest BCUT2D eigenvalue weighted by Crippen LogP contribution is -2.27. The molecule has 0 fully saturated rings. The highest BCUT2D eigenvalue weighted by Gasteiger charge is 2.15. The number of amides is 1. The summed E-state index contributed by atoms with van der Waals surface area (Å²) in [6.45, 7) is 1.91. The second kappa shape index (κ2) is 6.83. The molecule has 1 amide bonds. The highest BCUT2D eigenvalue weighted by atomic mass is 35.5. The van der Waals surface area contributed by atoms with Crippen molar-refractivity contribution in [2.75, 3.05) is 12.4 Å². The molecule has 0 saturated carbocycles. The van der Waals surface area contributed by atoms with Gasteiger partial charge in [0.05, 0.1) is 11.6 Å². The highest BCUT2D eigenvalue weighted by molar-refractivity contribution is 6.31. The van der Waals surface area contributed by atoms with Crippen LogP contribution in [0.15, 0.2) is 42.5 Å². The summed E-state index contributed by atoms with van der Waals surface area (Å²) < 4.78 is 0. The molecule has 0 spiro atoms. The fourth-order valence-corrected chi connectivity index (χ4v) is 2.43. The summed E-state index contributed by atoms with van der Waals surface area (Å²) in [6.07, 6.45) is 0. The molecule has 2 aromatic carbocycles. The second-order valence-corrected chi connectivity index (χ2v) is 5.56. The van der Waals surface area contributed by atoms with Crippen LogP contribution in [-0.2, 0) is 0 Å². The van der Waals surface area contributed by atoms with Crippen LogP contribution in [0.25, 0.3) is 0 Å². The van der Waals surface area contributed by atoms with E-state index in [1.807, 2.05) is 25.1 Å². The number of hydrogen-bond donors (Lipinski definition) is 2. The van der Waals surface area contributed by atoms with Gasteiger partial charge in [-0.2, -0.15) is 0 Å². The third-order valence-electron chi connectivity index (χ3n) is 3.19. The zero-order chi connectivity index (χ0) is 15.4. The average Bonchev–Trinajstić information content (AvgIpc) is 2.47. The summed E-state index contributed by atoms with van der Waals surface area (Å²) >= 11 is 11.9. The van der Waals surface area contributed by atoms with E-state index in [0.29, 0.717) is 15.6 Å². The van der Waals surface area contributed by atoms with Crippen LogP contribution in [0.5, 0.6) is 0 Å². The number of rotatable bonds is 4. The minimum atomic E-state index is -0.186. The molecular formula is C16H16Cl2N2O. The molecule has 0 aliphatic rings. The fraction of sp³-hybridized carbons (Fsp3) is 0.188. The van der Waals surface area contributed by atoms with E-state index in [2.05, 4.69) is 10.6 Å². The van der Waals surface area contributed by atoms with Crippen molar-refractivity contribution in [1.82, 2.24) is 5.32 Å². The lowest BCUT2D eigenvalue weighted by Gasteiger charge is -2.16. The normalized spacial score (nSPS) is 11.8. The Morgan fingerprint density at radius 2 is 1.81 bits per heavy atom. The number of carbonyl (C=O) groups excluding carboxylic acids is 1. The van der Waals surface area contributed by atoms with E-state index < -0.39 is 0 Å². The van der Waals surface area contributed by atoms with Gasteiger partial charge in [0.25, 0.3) is 5.91 Å². The molecule has 5 heteroatoms. The Bertz CT molecular complexity index is 658. The van der Waals surface area contributed by atoms with Crippen molar-refractivity contribution in [3.05, 3.63) is 63.6 Å². The van der Waals surface area contributed by atoms with Crippen molar-refractivity contribution in [3.63, 3.8) is 0 Å². The SMILES string of the molecule is CNc1ccc(Cl)cc1C(=O)NC(C)c1cccc(Cl)c1. The zero-order valence-electron chi connectivity index (χ0n) is 11.8. The molecule has 2 N–H and O–H groups in total. The lowest BCUT2D eigenvalue weighted by atomic mass is 10.1. The van der Waals surface area contributed by atoms with Crippen LogP contribution in [0.3, 0.4) is 0 Å². The third-order valence-corrected chi connectivity index (χ3v) is 3.66. The minimum Gasteiger partial charge on any atom is -0.387 e. The number of hydrogen-bond acceptors (Lipinski definition) is 2.